The molecule has 2 aromatic rings. The fourth-order valence-electron chi connectivity index (χ4n) is 3.13. The van der Waals surface area contributed by atoms with Crippen molar-refractivity contribution in [2.75, 3.05) is 19.5 Å². The van der Waals surface area contributed by atoms with Gasteiger partial charge in [-0.1, -0.05) is 32.1 Å². The number of aromatic nitrogens is 4. The molecule has 0 bridgehead atoms. The quantitative estimate of drug-likeness (QED) is 0.224. The van der Waals surface area contributed by atoms with E-state index in [1.54, 1.807) is 0 Å². The van der Waals surface area contributed by atoms with Crippen molar-refractivity contribution in [3.05, 3.63) is 12.4 Å². The normalized spacial score (nSPS) is 13.8. The number of nitrogen functional groups attached to an aromatic ring is 1. The van der Waals surface area contributed by atoms with Crippen LogP contribution in [0.4, 0.5) is 10.2 Å². The van der Waals surface area contributed by atoms with Gasteiger partial charge in [-0.25, -0.2) is 4.98 Å². The van der Waals surface area contributed by atoms with E-state index in [4.69, 9.17) is 26.4 Å². The number of terminal acetylenes is 1. The summed E-state index contributed by atoms with van der Waals surface area (Å²) in [5.74, 6) is 1.24. The molecular weight excluding hydrogens is 421 g/mol. The number of hydrogen-bond donors (Lipinski definition) is 1. The zero-order valence-corrected chi connectivity index (χ0v) is 18.5. The van der Waals surface area contributed by atoms with Crippen molar-refractivity contribution in [2.24, 2.45) is 0 Å². The summed E-state index contributed by atoms with van der Waals surface area (Å²) in [5, 5.41) is 0. The first-order valence-electron chi connectivity index (χ1n) is 10.3. The van der Waals surface area contributed by atoms with Gasteiger partial charge in [0.2, 0.25) is 5.60 Å². The molecule has 0 aliphatic carbocycles. The fraction of sp³-hybridized carbons (Fsp3) is 0.571. The fourth-order valence-corrected chi connectivity index (χ4v) is 3.13. The van der Waals surface area contributed by atoms with E-state index in [1.165, 1.54) is 24.9 Å². The second-order valence-electron chi connectivity index (χ2n) is 7.25. The number of methoxy groups -OCH3 is 1. The minimum atomic E-state index is -1.60. The molecule has 2 N–H and O–H groups in total. The molecule has 0 amide bonds. The molecule has 11 heteroatoms. The smallest absolute Gasteiger partial charge is 0.312 e. The highest BCUT2D eigenvalue weighted by atomic mass is 19.1. The van der Waals surface area contributed by atoms with Crippen LogP contribution in [0.5, 0.6) is 0 Å². The van der Waals surface area contributed by atoms with E-state index < -0.39 is 29.7 Å². The molecule has 2 rings (SSSR count). The van der Waals surface area contributed by atoms with Crippen LogP contribution in [-0.4, -0.2) is 56.9 Å². The molecule has 2 heterocycles. The molecule has 174 valence electrons. The standard InChI is InChI=1S/C21H28FN5O5/c1-5-7-8-9-10-16(29)32-15(21(6-2,30-4)12-31-14(3)28)11-27-13-24-17-18(23)25-20(22)26-19(17)27/h2,13,15H,5,7-12H2,1,3-4H3,(H2,23,25,26)/t15-,21+/m0/s1. The number of carbonyl (C=O) groups is 2. The van der Waals surface area contributed by atoms with Crippen molar-refractivity contribution < 1.29 is 28.2 Å². The van der Waals surface area contributed by atoms with E-state index in [2.05, 4.69) is 27.8 Å². The van der Waals surface area contributed by atoms with E-state index in [0.717, 1.165) is 19.3 Å². The Morgan fingerprint density at radius 3 is 2.72 bits per heavy atom. The van der Waals surface area contributed by atoms with Crippen molar-refractivity contribution in [1.82, 2.24) is 19.5 Å². The van der Waals surface area contributed by atoms with E-state index in [9.17, 15) is 14.0 Å². The van der Waals surface area contributed by atoms with E-state index in [-0.39, 0.29) is 36.6 Å². The number of carbonyl (C=O) groups excluding carboxylic acids is 2. The first-order valence-corrected chi connectivity index (χ1v) is 10.3. The van der Waals surface area contributed by atoms with Crippen LogP contribution in [0.25, 0.3) is 11.2 Å². The Hall–Kier alpha value is -3.26. The van der Waals surface area contributed by atoms with Crippen LogP contribution >= 0.6 is 0 Å². The second kappa shape index (κ2) is 11.4. The van der Waals surface area contributed by atoms with Crippen molar-refractivity contribution in [3.8, 4) is 12.3 Å². The molecule has 0 saturated carbocycles. The van der Waals surface area contributed by atoms with Gasteiger partial charge in [-0.3, -0.25) is 9.59 Å². The summed E-state index contributed by atoms with van der Waals surface area (Å²) >= 11 is 0. The highest BCUT2D eigenvalue weighted by molar-refractivity contribution is 5.81. The van der Waals surface area contributed by atoms with Crippen molar-refractivity contribution in [1.29, 1.82) is 0 Å². The zero-order valence-electron chi connectivity index (χ0n) is 18.5. The van der Waals surface area contributed by atoms with Crippen LogP contribution in [0.15, 0.2) is 6.33 Å². The molecule has 0 radical (unpaired) electrons. The Kier molecular flexibility index (Phi) is 8.90. The topological polar surface area (TPSA) is 131 Å². The lowest BCUT2D eigenvalue weighted by molar-refractivity contribution is -0.174. The summed E-state index contributed by atoms with van der Waals surface area (Å²) in [4.78, 5) is 35.2. The van der Waals surface area contributed by atoms with Crippen LogP contribution in [0.1, 0.15) is 46.0 Å². The maximum Gasteiger partial charge on any atom is 0.312 e. The van der Waals surface area contributed by atoms with Gasteiger partial charge in [-0.05, 0) is 6.42 Å². The van der Waals surface area contributed by atoms with E-state index in [1.807, 2.05) is 0 Å². The minimum Gasteiger partial charge on any atom is -0.462 e. The Bertz CT molecular complexity index is 989. The number of imidazole rings is 1. The first-order chi connectivity index (χ1) is 15.3. The van der Waals surface area contributed by atoms with Gasteiger partial charge in [0.05, 0.1) is 12.9 Å². The molecule has 0 fully saturated rings. The van der Waals surface area contributed by atoms with Crippen molar-refractivity contribution in [2.45, 2.75) is 64.2 Å². The first kappa shape index (κ1) is 25.0. The second-order valence-corrected chi connectivity index (χ2v) is 7.25. The summed E-state index contributed by atoms with van der Waals surface area (Å²) in [6.07, 6.45) is 8.69. The van der Waals surface area contributed by atoms with Crippen LogP contribution in [0, 0.1) is 18.4 Å². The van der Waals surface area contributed by atoms with Gasteiger partial charge in [0, 0.05) is 20.5 Å². The molecule has 0 aromatic carbocycles. The van der Waals surface area contributed by atoms with Crippen LogP contribution in [-0.2, 0) is 30.3 Å². The molecule has 32 heavy (non-hydrogen) atoms. The summed E-state index contributed by atoms with van der Waals surface area (Å²) in [6.45, 7) is 2.82. The molecule has 2 aromatic heterocycles. The predicted octanol–water partition coefficient (Wildman–Crippen LogP) is 2.01. The Labute approximate surface area is 185 Å². The molecule has 10 nitrogen and oxygen atoms in total. The molecule has 0 spiro atoms. The maximum atomic E-state index is 13.7. The number of esters is 2. The summed E-state index contributed by atoms with van der Waals surface area (Å²) < 4.78 is 31.4. The highest BCUT2D eigenvalue weighted by Crippen LogP contribution is 2.24. The lowest BCUT2D eigenvalue weighted by Gasteiger charge is -2.34. The number of hydrogen-bond acceptors (Lipinski definition) is 9. The van der Waals surface area contributed by atoms with Gasteiger partial charge < -0.3 is 24.5 Å². The number of nitrogens with zero attached hydrogens (tertiary/aromatic N) is 4. The van der Waals surface area contributed by atoms with Gasteiger partial charge >= 0.3 is 18.0 Å². The molecular formula is C21H28FN5O5. The average molecular weight is 449 g/mol. The van der Waals surface area contributed by atoms with Gasteiger partial charge in [0.15, 0.2) is 17.6 Å². The van der Waals surface area contributed by atoms with Crippen LogP contribution < -0.4 is 5.73 Å². The van der Waals surface area contributed by atoms with Crippen LogP contribution in [0.2, 0.25) is 0 Å². The maximum absolute atomic E-state index is 13.7. The number of unbranched alkanes of at least 4 members (excludes halogenated alkanes) is 3. The molecule has 0 unspecified atom stereocenters. The number of halogens is 1. The monoisotopic (exact) mass is 449 g/mol. The number of nitrogens with two attached hydrogens (primary N) is 1. The third-order valence-corrected chi connectivity index (χ3v) is 4.95. The lowest BCUT2D eigenvalue weighted by atomic mass is 9.97. The van der Waals surface area contributed by atoms with Gasteiger partial charge in [0.1, 0.15) is 12.1 Å². The van der Waals surface area contributed by atoms with E-state index in [0.29, 0.717) is 6.42 Å². The zero-order chi connectivity index (χ0) is 23.7. The predicted molar refractivity (Wildman–Crippen MR) is 114 cm³/mol. The highest BCUT2D eigenvalue weighted by Gasteiger charge is 2.42. The van der Waals surface area contributed by atoms with Crippen molar-refractivity contribution in [3.63, 3.8) is 0 Å². The Morgan fingerprint density at radius 1 is 1.34 bits per heavy atom. The van der Waals surface area contributed by atoms with E-state index >= 15 is 0 Å². The van der Waals surface area contributed by atoms with Gasteiger partial charge in [0.25, 0.3) is 0 Å². The number of rotatable bonds is 12. The van der Waals surface area contributed by atoms with Crippen molar-refractivity contribution >= 4 is 28.9 Å². The Balaban J connectivity index is 2.36. The molecule has 2 atom stereocenters. The number of anilines is 1. The summed E-state index contributed by atoms with van der Waals surface area (Å²) in [5.41, 5.74) is 4.39. The van der Waals surface area contributed by atoms with Gasteiger partial charge in [-0.2, -0.15) is 14.4 Å². The summed E-state index contributed by atoms with van der Waals surface area (Å²) in [7, 11) is 1.32. The number of fused-ring (bicyclic) bond motifs is 1. The molecule has 0 aliphatic heterocycles. The average Bonchev–Trinajstić information content (AvgIpc) is 3.15. The molecule has 0 aliphatic rings. The third kappa shape index (κ3) is 6.13. The lowest BCUT2D eigenvalue weighted by Crippen LogP contribution is -2.51. The third-order valence-electron chi connectivity index (χ3n) is 4.95. The van der Waals surface area contributed by atoms with Crippen LogP contribution in [0.3, 0.4) is 0 Å². The molecule has 0 saturated heterocycles. The Morgan fingerprint density at radius 2 is 2.09 bits per heavy atom. The SMILES string of the molecule is C#C[C@](COC(C)=O)(OC)[C@H](Cn1cnc2c(N)nc(F)nc21)OC(=O)CCCCCC. The number of ether oxygens (including phenoxy) is 3. The largest absolute Gasteiger partial charge is 0.462 e. The van der Waals surface area contributed by atoms with Gasteiger partial charge in [-0.15, -0.1) is 6.42 Å². The minimum absolute atomic E-state index is 0.0912. The summed E-state index contributed by atoms with van der Waals surface area (Å²) in [6, 6.07) is 0.